The Hall–Kier alpha value is -1.03. The van der Waals surface area contributed by atoms with Gasteiger partial charge in [0.2, 0.25) is 0 Å². The van der Waals surface area contributed by atoms with Gasteiger partial charge in [0, 0.05) is 6.08 Å². The second-order valence-electron chi connectivity index (χ2n) is 3.64. The van der Waals surface area contributed by atoms with Crippen LogP contribution >= 0.6 is 0 Å². The number of aliphatic hydroxyl groups excluding tert-OH is 6. The Morgan fingerprint density at radius 2 is 1.00 bits per heavy atom. The summed E-state index contributed by atoms with van der Waals surface area (Å²) in [5, 5.41) is 55.6. The monoisotopic (exact) mass is 300 g/mol. The molecule has 0 rings (SSSR count). The van der Waals surface area contributed by atoms with E-state index in [0.29, 0.717) is 0 Å². The zero-order valence-electron chi connectivity index (χ0n) is 12.2. The second kappa shape index (κ2) is 23.1. The molecule has 124 valence electrons. The smallest absolute Gasteiger partial charge is 0.327 e. The van der Waals surface area contributed by atoms with Crippen molar-refractivity contribution in [1.29, 1.82) is 0 Å². The van der Waals surface area contributed by atoms with E-state index in [0.717, 1.165) is 6.08 Å². The van der Waals surface area contributed by atoms with E-state index in [1.54, 1.807) is 0 Å². The van der Waals surface area contributed by atoms with Gasteiger partial charge < -0.3 is 35.7 Å². The van der Waals surface area contributed by atoms with Crippen LogP contribution in [0, 0.1) is 0 Å². The normalized spacial score (nSPS) is 12.8. The van der Waals surface area contributed by atoms with Crippen LogP contribution in [0.2, 0.25) is 0 Å². The highest BCUT2D eigenvalue weighted by atomic mass is 16.4. The van der Waals surface area contributed by atoms with E-state index < -0.39 is 24.3 Å². The van der Waals surface area contributed by atoms with Crippen LogP contribution in [0.5, 0.6) is 0 Å². The Bertz CT molecular complexity index is 173. The van der Waals surface area contributed by atoms with Crippen LogP contribution in [0.4, 0.5) is 0 Å². The van der Waals surface area contributed by atoms with Gasteiger partial charge in [0.1, 0.15) is 0 Å². The maximum atomic E-state index is 9.25. The Morgan fingerprint density at radius 1 is 0.900 bits per heavy atom. The van der Waals surface area contributed by atoms with Gasteiger partial charge in [-0.05, 0) is 20.8 Å². The molecule has 8 nitrogen and oxygen atoms in total. The summed E-state index contributed by atoms with van der Waals surface area (Å²) in [6, 6.07) is 0. The van der Waals surface area contributed by atoms with E-state index in [1.807, 2.05) is 0 Å². The Morgan fingerprint density at radius 3 is 1.00 bits per heavy atom. The lowest BCUT2D eigenvalue weighted by Gasteiger charge is -1.90. The van der Waals surface area contributed by atoms with Crippen molar-refractivity contribution in [2.24, 2.45) is 0 Å². The average molecular weight is 300 g/mol. The summed E-state index contributed by atoms with van der Waals surface area (Å²) in [6.07, 6.45) is -0.847. The van der Waals surface area contributed by atoms with E-state index in [1.165, 1.54) is 20.8 Å². The van der Waals surface area contributed by atoms with Gasteiger partial charge in [-0.1, -0.05) is 6.58 Å². The molecule has 0 spiro atoms. The molecule has 0 aliphatic carbocycles. The van der Waals surface area contributed by atoms with Gasteiger partial charge in [0.05, 0.1) is 38.1 Å². The lowest BCUT2D eigenvalue weighted by Crippen LogP contribution is -2.03. The number of carboxylic acid groups (broad SMARTS) is 1. The SMILES string of the molecule is C=CC(=O)O.CC(O)CO.CC(O)CO.CC(O)CO. The molecule has 0 aromatic carbocycles. The minimum atomic E-state index is -0.981. The molecule has 0 aliphatic rings. The first-order chi connectivity index (χ1) is 9.08. The van der Waals surface area contributed by atoms with Crippen molar-refractivity contribution in [3.05, 3.63) is 12.7 Å². The molecule has 0 fully saturated rings. The van der Waals surface area contributed by atoms with Gasteiger partial charge in [-0.2, -0.15) is 0 Å². The topological polar surface area (TPSA) is 159 Å². The van der Waals surface area contributed by atoms with Gasteiger partial charge in [0.25, 0.3) is 0 Å². The molecule has 3 atom stereocenters. The van der Waals surface area contributed by atoms with Crippen molar-refractivity contribution < 1.29 is 40.5 Å². The van der Waals surface area contributed by atoms with Crippen molar-refractivity contribution in [1.82, 2.24) is 0 Å². The van der Waals surface area contributed by atoms with Crippen LogP contribution < -0.4 is 0 Å². The molecule has 0 radical (unpaired) electrons. The first kappa shape index (κ1) is 27.3. The van der Waals surface area contributed by atoms with Crippen molar-refractivity contribution in [2.75, 3.05) is 19.8 Å². The van der Waals surface area contributed by atoms with E-state index >= 15 is 0 Å². The largest absolute Gasteiger partial charge is 0.478 e. The maximum Gasteiger partial charge on any atom is 0.327 e. The second-order valence-corrected chi connectivity index (χ2v) is 3.64. The molecule has 20 heavy (non-hydrogen) atoms. The van der Waals surface area contributed by atoms with Crippen molar-refractivity contribution in [3.63, 3.8) is 0 Å². The van der Waals surface area contributed by atoms with Crippen molar-refractivity contribution >= 4 is 5.97 Å². The molecule has 0 aliphatic heterocycles. The average Bonchev–Trinajstić information content (AvgIpc) is 2.40. The molecule has 0 heterocycles. The highest BCUT2D eigenvalue weighted by Gasteiger charge is 1.84. The van der Waals surface area contributed by atoms with E-state index in [-0.39, 0.29) is 19.8 Å². The summed E-state index contributed by atoms with van der Waals surface area (Å²) < 4.78 is 0. The number of aliphatic carboxylic acids is 1. The molecule has 0 saturated carbocycles. The molecule has 0 aromatic rings. The third kappa shape index (κ3) is 89.1. The number of aliphatic hydroxyl groups is 6. The summed E-state index contributed by atoms with van der Waals surface area (Å²) in [5.74, 6) is -0.981. The molecular formula is C12H28O8. The fraction of sp³-hybridized carbons (Fsp3) is 0.750. The van der Waals surface area contributed by atoms with E-state index in [9.17, 15) is 4.79 Å². The highest BCUT2D eigenvalue weighted by molar-refractivity contribution is 5.78. The summed E-state index contributed by atoms with van der Waals surface area (Å²) in [4.78, 5) is 9.25. The van der Waals surface area contributed by atoms with Crippen LogP contribution in [0.25, 0.3) is 0 Å². The fourth-order valence-corrected chi connectivity index (χ4v) is 0. The number of hydrogen-bond acceptors (Lipinski definition) is 7. The third-order valence-electron chi connectivity index (χ3n) is 0.967. The predicted molar refractivity (Wildman–Crippen MR) is 74.1 cm³/mol. The van der Waals surface area contributed by atoms with Crippen molar-refractivity contribution in [3.8, 4) is 0 Å². The number of carbonyl (C=O) groups is 1. The zero-order chi connectivity index (χ0) is 17.1. The van der Waals surface area contributed by atoms with Crippen LogP contribution in [0.3, 0.4) is 0 Å². The van der Waals surface area contributed by atoms with Gasteiger partial charge in [0.15, 0.2) is 0 Å². The van der Waals surface area contributed by atoms with Crippen LogP contribution in [-0.4, -0.2) is 79.8 Å². The minimum Gasteiger partial charge on any atom is -0.478 e. The predicted octanol–water partition coefficient (Wildman–Crippen LogP) is -1.66. The van der Waals surface area contributed by atoms with Gasteiger partial charge >= 0.3 is 5.97 Å². The Kier molecular flexibility index (Phi) is 31.6. The third-order valence-corrected chi connectivity index (χ3v) is 0.967. The summed E-state index contributed by atoms with van der Waals surface area (Å²) in [5.41, 5.74) is 0. The molecule has 0 amide bonds. The molecule has 0 bridgehead atoms. The first-order valence-corrected chi connectivity index (χ1v) is 5.80. The molecule has 7 N–H and O–H groups in total. The van der Waals surface area contributed by atoms with Crippen LogP contribution in [0.1, 0.15) is 20.8 Å². The van der Waals surface area contributed by atoms with Gasteiger partial charge in [-0.25, -0.2) is 4.79 Å². The lowest BCUT2D eigenvalue weighted by atomic mass is 10.5. The quantitative estimate of drug-likeness (QED) is 0.304. The summed E-state index contributed by atoms with van der Waals surface area (Å²) in [6.45, 7) is 7.13. The van der Waals surface area contributed by atoms with Crippen molar-refractivity contribution in [2.45, 2.75) is 39.1 Å². The lowest BCUT2D eigenvalue weighted by molar-refractivity contribution is -0.131. The van der Waals surface area contributed by atoms with Gasteiger partial charge in [-0.15, -0.1) is 0 Å². The minimum absolute atomic E-state index is 0.139. The number of rotatable bonds is 4. The van der Waals surface area contributed by atoms with Gasteiger partial charge in [-0.3, -0.25) is 0 Å². The maximum absolute atomic E-state index is 9.25. The number of hydrogen-bond donors (Lipinski definition) is 7. The zero-order valence-corrected chi connectivity index (χ0v) is 12.2. The summed E-state index contributed by atoms with van der Waals surface area (Å²) >= 11 is 0. The first-order valence-electron chi connectivity index (χ1n) is 5.80. The van der Waals surface area contributed by atoms with Crippen LogP contribution in [0.15, 0.2) is 12.7 Å². The standard InChI is InChI=1S/3C3H8O2.C3H4O2/c3*1-3(5)2-4;1-2-3(4)5/h3*3-5H,2H2,1H3;2H,1H2,(H,4,5). The molecule has 8 heteroatoms. The fourth-order valence-electron chi connectivity index (χ4n) is 0. The summed E-state index contributed by atoms with van der Waals surface area (Å²) in [7, 11) is 0. The molecule has 0 aromatic heterocycles. The van der Waals surface area contributed by atoms with Crippen LogP contribution in [-0.2, 0) is 4.79 Å². The Balaban J connectivity index is -0.0000000853. The molecular weight excluding hydrogens is 272 g/mol. The number of carboxylic acids is 1. The van der Waals surface area contributed by atoms with E-state index in [2.05, 4.69) is 6.58 Å². The molecule has 0 saturated heterocycles. The molecule has 3 unspecified atom stereocenters. The highest BCUT2D eigenvalue weighted by Crippen LogP contribution is 1.69. The Labute approximate surface area is 119 Å². The van der Waals surface area contributed by atoms with E-state index in [4.69, 9.17) is 35.7 Å².